The highest BCUT2D eigenvalue weighted by molar-refractivity contribution is 6.75. The van der Waals surface area contributed by atoms with Crippen molar-refractivity contribution in [2.45, 2.75) is 0 Å². The molecular formula is C16H14BN3O4. The molecule has 0 unspecified atom stereocenters. The van der Waals surface area contributed by atoms with Crippen molar-refractivity contribution in [1.82, 2.24) is 4.57 Å². The Labute approximate surface area is 137 Å². The van der Waals surface area contributed by atoms with Gasteiger partial charge in [0.2, 0.25) is 6.33 Å². The van der Waals surface area contributed by atoms with Gasteiger partial charge in [-0.05, 0) is 12.1 Å². The van der Waals surface area contributed by atoms with Gasteiger partial charge in [-0.25, -0.2) is 4.57 Å². The number of hydrogen-bond acceptors (Lipinski definition) is 4. The zero-order valence-electron chi connectivity index (χ0n) is 12.9. The summed E-state index contributed by atoms with van der Waals surface area (Å²) in [4.78, 5) is 10.5. The molecule has 0 amide bonds. The van der Waals surface area contributed by atoms with Crippen LogP contribution in [0.3, 0.4) is 0 Å². The van der Waals surface area contributed by atoms with Crippen molar-refractivity contribution < 1.29 is 18.7 Å². The van der Waals surface area contributed by atoms with Crippen LogP contribution in [0.5, 0.6) is 11.5 Å². The van der Waals surface area contributed by atoms with Crippen LogP contribution in [0.15, 0.2) is 67.3 Å². The van der Waals surface area contributed by atoms with E-state index in [0.717, 1.165) is 0 Å². The molecule has 3 aromatic rings. The molecule has 0 N–H and O–H groups in total. The molecule has 0 saturated heterocycles. The summed E-state index contributed by atoms with van der Waals surface area (Å²) in [5.41, 5.74) is 0.742. The van der Waals surface area contributed by atoms with Gasteiger partial charge in [0.1, 0.15) is 17.7 Å². The monoisotopic (exact) mass is 323 g/mol. The van der Waals surface area contributed by atoms with Crippen LogP contribution >= 0.6 is 0 Å². The van der Waals surface area contributed by atoms with Crippen molar-refractivity contribution in [3.63, 3.8) is 0 Å². The molecule has 2 aromatic carbocycles. The fourth-order valence-corrected chi connectivity index (χ4v) is 2.95. The van der Waals surface area contributed by atoms with Gasteiger partial charge < -0.3 is 13.8 Å². The van der Waals surface area contributed by atoms with Crippen LogP contribution in [0.4, 0.5) is 5.69 Å². The molecule has 0 aliphatic carbocycles. The van der Waals surface area contributed by atoms with E-state index in [4.69, 9.17) is 9.31 Å². The highest BCUT2D eigenvalue weighted by Gasteiger charge is 2.47. The van der Waals surface area contributed by atoms with Crippen LogP contribution in [0.1, 0.15) is 0 Å². The second kappa shape index (κ2) is 5.12. The number of imidazole rings is 1. The van der Waals surface area contributed by atoms with Gasteiger partial charge in [-0.15, -0.1) is 0 Å². The smallest absolute Gasteiger partial charge is 0.591 e. The summed E-state index contributed by atoms with van der Waals surface area (Å²) in [6.07, 6.45) is 5.59. The Morgan fingerprint density at radius 3 is 2.21 bits per heavy atom. The number of aromatic nitrogens is 2. The maximum Gasteiger partial charge on any atom is 0.591 e. The van der Waals surface area contributed by atoms with Gasteiger partial charge in [0, 0.05) is 12.1 Å². The first kappa shape index (κ1) is 14.3. The lowest BCUT2D eigenvalue weighted by Crippen LogP contribution is -2.77. The lowest BCUT2D eigenvalue weighted by atomic mass is 9.63. The van der Waals surface area contributed by atoms with Crippen molar-refractivity contribution in [2.24, 2.45) is 7.05 Å². The van der Waals surface area contributed by atoms with E-state index in [1.54, 1.807) is 12.1 Å². The Morgan fingerprint density at radius 1 is 1.08 bits per heavy atom. The number of hydrogen-bond donors (Lipinski definition) is 0. The number of non-ortho nitro benzene ring substituents is 1. The van der Waals surface area contributed by atoms with E-state index in [1.807, 2.05) is 59.1 Å². The zero-order valence-corrected chi connectivity index (χ0v) is 12.9. The quantitative estimate of drug-likeness (QED) is 0.415. The molecule has 1 aliphatic heterocycles. The van der Waals surface area contributed by atoms with E-state index in [2.05, 4.69) is 0 Å². The summed E-state index contributed by atoms with van der Waals surface area (Å²) in [6, 6.07) is 13.7. The molecular weight excluding hydrogens is 309 g/mol. The predicted octanol–water partition coefficient (Wildman–Crippen LogP) is 1.39. The number of rotatable bonds is 3. The summed E-state index contributed by atoms with van der Waals surface area (Å²) in [5.74, 6) is 1.29. The molecule has 8 heteroatoms. The third-order valence-electron chi connectivity index (χ3n) is 4.13. The molecule has 24 heavy (non-hydrogen) atoms. The van der Waals surface area contributed by atoms with Crippen LogP contribution < -0.4 is 19.2 Å². The maximum atomic E-state index is 10.9. The Morgan fingerprint density at radius 2 is 1.71 bits per heavy atom. The first-order valence-corrected chi connectivity index (χ1v) is 7.48. The molecule has 0 spiro atoms. The van der Waals surface area contributed by atoms with Gasteiger partial charge >= 0.3 is 6.69 Å². The molecule has 7 nitrogen and oxygen atoms in total. The molecule has 0 bridgehead atoms. The van der Waals surface area contributed by atoms with Crippen LogP contribution in [0.25, 0.3) is 0 Å². The maximum absolute atomic E-state index is 10.9. The second-order valence-electron chi connectivity index (χ2n) is 5.73. The van der Waals surface area contributed by atoms with E-state index in [-0.39, 0.29) is 5.69 Å². The molecule has 0 atom stereocenters. The number of fused-ring (bicyclic) bond motifs is 1. The molecule has 2 heterocycles. The average Bonchev–Trinajstić information content (AvgIpc) is 3.19. The Hall–Kier alpha value is -3.29. The summed E-state index contributed by atoms with van der Waals surface area (Å²) in [7, 11) is 1.90. The van der Waals surface area contributed by atoms with E-state index < -0.39 is 11.6 Å². The summed E-state index contributed by atoms with van der Waals surface area (Å²) < 4.78 is 16.1. The van der Waals surface area contributed by atoms with Crippen LogP contribution in [-0.4, -0.2) is 16.2 Å². The lowest BCUT2D eigenvalue weighted by Gasteiger charge is -2.31. The highest BCUT2D eigenvalue weighted by Crippen LogP contribution is 2.35. The number of para-hydroxylation sites is 2. The average molecular weight is 323 g/mol. The second-order valence-corrected chi connectivity index (χ2v) is 5.73. The van der Waals surface area contributed by atoms with Crippen molar-refractivity contribution in [3.05, 3.63) is 77.4 Å². The molecule has 4 rings (SSSR count). The van der Waals surface area contributed by atoms with Crippen molar-refractivity contribution >= 4 is 17.8 Å². The summed E-state index contributed by atoms with van der Waals surface area (Å²) in [5, 5.41) is 10.9. The largest absolute Gasteiger partial charge is 0.639 e. The van der Waals surface area contributed by atoms with Crippen LogP contribution in [0, 0.1) is 10.1 Å². The van der Waals surface area contributed by atoms with Gasteiger partial charge in [-0.2, -0.15) is 0 Å². The number of aryl methyl sites for hydroxylation is 1. The predicted molar refractivity (Wildman–Crippen MR) is 87.2 cm³/mol. The Balaban J connectivity index is 1.85. The van der Waals surface area contributed by atoms with Gasteiger partial charge in [0.25, 0.3) is 5.69 Å². The topological polar surface area (TPSA) is 70.4 Å². The zero-order chi connectivity index (χ0) is 16.7. The minimum atomic E-state index is -2.05. The molecule has 0 saturated carbocycles. The van der Waals surface area contributed by atoms with E-state index >= 15 is 0 Å². The molecule has 0 radical (unpaired) electrons. The first-order valence-electron chi connectivity index (χ1n) is 7.48. The van der Waals surface area contributed by atoms with E-state index in [9.17, 15) is 10.1 Å². The standard InChI is InChI=1S/C16H14BN3O4/c1-18-10-11-19(12-18)17(13-6-8-14(9-7-13)20(21)22)23-15-4-2-3-5-16(15)24-17/h2-12H,1H3. The first-order chi connectivity index (χ1) is 11.6. The van der Waals surface area contributed by atoms with Gasteiger partial charge in [-0.1, -0.05) is 29.7 Å². The molecule has 0 fully saturated rings. The van der Waals surface area contributed by atoms with Crippen LogP contribution in [-0.2, 0) is 7.05 Å². The number of nitrogens with zero attached hydrogens (tertiary/aromatic N) is 3. The Bertz CT molecular complexity index is 898. The summed E-state index contributed by atoms with van der Waals surface area (Å²) >= 11 is 0. The third kappa shape index (κ3) is 2.11. The minimum Gasteiger partial charge on any atom is -0.639 e. The normalized spacial score (nSPS) is 14.5. The Kier molecular flexibility index (Phi) is 3.06. The van der Waals surface area contributed by atoms with E-state index in [1.165, 1.54) is 12.1 Å². The van der Waals surface area contributed by atoms with Gasteiger partial charge in [0.15, 0.2) is 0 Å². The lowest BCUT2D eigenvalue weighted by molar-refractivity contribution is -0.565. The third-order valence-corrected chi connectivity index (χ3v) is 4.13. The fourth-order valence-electron chi connectivity index (χ4n) is 2.95. The SMILES string of the molecule is Cn1cc[n+]([B-]2(c3ccc([N+](=O)[O-])cc3)Oc3ccccc3O2)c1. The van der Waals surface area contributed by atoms with Gasteiger partial charge in [0.05, 0.1) is 18.2 Å². The summed E-state index contributed by atoms with van der Waals surface area (Å²) in [6.45, 7) is -2.05. The van der Waals surface area contributed by atoms with Crippen LogP contribution in [0.2, 0.25) is 0 Å². The molecule has 1 aliphatic rings. The number of nitro benzene ring substituents is 1. The van der Waals surface area contributed by atoms with Crippen molar-refractivity contribution in [1.29, 1.82) is 0 Å². The minimum absolute atomic E-state index is 0.0262. The fraction of sp³-hybridized carbons (Fsp3) is 0.0625. The number of nitro groups is 1. The van der Waals surface area contributed by atoms with Crippen molar-refractivity contribution in [3.8, 4) is 11.5 Å². The molecule has 120 valence electrons. The number of benzene rings is 2. The van der Waals surface area contributed by atoms with E-state index in [0.29, 0.717) is 17.0 Å². The molecule has 1 aromatic heterocycles. The van der Waals surface area contributed by atoms with Crippen molar-refractivity contribution in [2.75, 3.05) is 0 Å². The van der Waals surface area contributed by atoms with Gasteiger partial charge in [-0.3, -0.25) is 10.1 Å². The highest BCUT2D eigenvalue weighted by atomic mass is 16.7.